The minimum Gasteiger partial charge on any atom is -0.481 e. The summed E-state index contributed by atoms with van der Waals surface area (Å²) in [6, 6.07) is 14.6. The molecule has 6 N–H and O–H groups in total. The van der Waals surface area contributed by atoms with E-state index in [4.69, 9.17) is 20.6 Å². The van der Waals surface area contributed by atoms with Crippen LogP contribution in [0.3, 0.4) is 0 Å². The van der Waals surface area contributed by atoms with E-state index >= 15 is 0 Å². The third-order valence-corrected chi connectivity index (χ3v) is 5.04. The van der Waals surface area contributed by atoms with Crippen molar-refractivity contribution in [3.8, 4) is 16.9 Å². The fourth-order valence-corrected chi connectivity index (χ4v) is 3.38. The van der Waals surface area contributed by atoms with E-state index in [1.54, 1.807) is 12.1 Å². The van der Waals surface area contributed by atoms with Gasteiger partial charge in [0.1, 0.15) is 17.4 Å². The minimum absolute atomic E-state index is 0.0833. The predicted molar refractivity (Wildman–Crippen MR) is 127 cm³/mol. The fourth-order valence-electron chi connectivity index (χ4n) is 3.38. The van der Waals surface area contributed by atoms with Crippen LogP contribution in [0.5, 0.6) is 5.75 Å². The molecule has 0 aliphatic rings. The Morgan fingerprint density at radius 2 is 1.88 bits per heavy atom. The second-order valence-electron chi connectivity index (χ2n) is 7.61. The molecule has 34 heavy (non-hydrogen) atoms. The molecule has 1 amide bonds. The summed E-state index contributed by atoms with van der Waals surface area (Å²) in [6.45, 7) is 1.75. The number of nitrogens with zero attached hydrogens (tertiary/aromatic N) is 1. The van der Waals surface area contributed by atoms with Crippen molar-refractivity contribution >= 4 is 28.8 Å². The SMILES string of the molecule is C[C@@H](Oc1ccc2c(-c3ccccc3)cc(=O)oc2c1)C(=O)N[C@H](CCCN=C(N)N)C(=O)O. The number of carboxylic acid groups (broad SMARTS) is 1. The van der Waals surface area contributed by atoms with Crippen molar-refractivity contribution in [3.05, 3.63) is 65.0 Å². The van der Waals surface area contributed by atoms with Crippen LogP contribution in [-0.2, 0) is 9.59 Å². The number of amides is 1. The smallest absolute Gasteiger partial charge is 0.336 e. The zero-order valence-electron chi connectivity index (χ0n) is 18.6. The van der Waals surface area contributed by atoms with E-state index in [1.165, 1.54) is 19.1 Å². The summed E-state index contributed by atoms with van der Waals surface area (Å²) in [6.07, 6.45) is -0.479. The first-order chi connectivity index (χ1) is 16.2. The number of aliphatic carboxylic acids is 1. The van der Waals surface area contributed by atoms with Gasteiger partial charge in [0.25, 0.3) is 5.91 Å². The maximum atomic E-state index is 12.5. The third kappa shape index (κ3) is 6.35. The van der Waals surface area contributed by atoms with Gasteiger partial charge < -0.3 is 31.0 Å². The molecule has 0 unspecified atom stereocenters. The molecular weight excluding hydrogens is 440 g/mol. The number of benzene rings is 2. The van der Waals surface area contributed by atoms with Crippen molar-refractivity contribution in [1.82, 2.24) is 5.32 Å². The van der Waals surface area contributed by atoms with Crippen molar-refractivity contribution in [2.24, 2.45) is 16.5 Å². The molecule has 1 heterocycles. The van der Waals surface area contributed by atoms with Crippen LogP contribution in [0.25, 0.3) is 22.1 Å². The van der Waals surface area contributed by atoms with E-state index in [9.17, 15) is 19.5 Å². The number of ether oxygens (including phenoxy) is 1. The third-order valence-electron chi connectivity index (χ3n) is 5.04. The molecule has 3 rings (SSSR count). The van der Waals surface area contributed by atoms with Gasteiger partial charge >= 0.3 is 11.6 Å². The number of aliphatic imine (C=N–C) groups is 1. The summed E-state index contributed by atoms with van der Waals surface area (Å²) in [5.74, 6) is -1.57. The topological polar surface area (TPSA) is 170 Å². The van der Waals surface area contributed by atoms with Crippen molar-refractivity contribution in [2.75, 3.05) is 6.54 Å². The monoisotopic (exact) mass is 466 g/mol. The van der Waals surface area contributed by atoms with Crippen LogP contribution < -0.4 is 27.1 Å². The van der Waals surface area contributed by atoms with Gasteiger partial charge in [-0.15, -0.1) is 0 Å². The molecule has 10 heteroatoms. The van der Waals surface area contributed by atoms with Gasteiger partial charge in [-0.25, -0.2) is 9.59 Å². The normalized spacial score (nSPS) is 12.5. The molecule has 0 fully saturated rings. The quantitative estimate of drug-likeness (QED) is 0.152. The van der Waals surface area contributed by atoms with Gasteiger partial charge in [0.05, 0.1) is 0 Å². The number of carboxylic acids is 1. The number of hydrogen-bond donors (Lipinski definition) is 4. The summed E-state index contributed by atoms with van der Waals surface area (Å²) in [7, 11) is 0. The number of nitrogens with two attached hydrogens (primary N) is 2. The summed E-state index contributed by atoms with van der Waals surface area (Å²) in [5.41, 5.74) is 11.9. The molecule has 0 aliphatic heterocycles. The highest BCUT2D eigenvalue weighted by Gasteiger charge is 2.24. The molecule has 0 radical (unpaired) electrons. The van der Waals surface area contributed by atoms with Crippen LogP contribution >= 0.6 is 0 Å². The Kier molecular flexibility index (Phi) is 7.86. The number of carbonyl (C=O) groups is 2. The Labute approximate surface area is 195 Å². The molecule has 1 aromatic heterocycles. The fraction of sp³-hybridized carbons (Fsp3) is 0.250. The highest BCUT2D eigenvalue weighted by molar-refractivity contribution is 5.94. The molecule has 0 saturated heterocycles. The Balaban J connectivity index is 1.71. The van der Waals surface area contributed by atoms with E-state index in [1.807, 2.05) is 30.3 Å². The molecule has 0 bridgehead atoms. The Bertz CT molecular complexity index is 1250. The highest BCUT2D eigenvalue weighted by Crippen LogP contribution is 2.29. The molecular formula is C24H26N4O6. The number of rotatable bonds is 10. The van der Waals surface area contributed by atoms with Crippen LogP contribution in [-0.4, -0.2) is 41.6 Å². The van der Waals surface area contributed by atoms with Gasteiger partial charge in [-0.3, -0.25) is 9.79 Å². The Hall–Kier alpha value is -4.34. The molecule has 3 aromatic rings. The van der Waals surface area contributed by atoms with Gasteiger partial charge in [-0.1, -0.05) is 30.3 Å². The van der Waals surface area contributed by atoms with E-state index in [-0.39, 0.29) is 18.9 Å². The van der Waals surface area contributed by atoms with E-state index in [0.717, 1.165) is 5.56 Å². The summed E-state index contributed by atoms with van der Waals surface area (Å²) in [4.78, 5) is 39.9. The van der Waals surface area contributed by atoms with Crippen LogP contribution in [0.2, 0.25) is 0 Å². The Morgan fingerprint density at radius 3 is 2.56 bits per heavy atom. The Morgan fingerprint density at radius 1 is 1.15 bits per heavy atom. The van der Waals surface area contributed by atoms with E-state index in [2.05, 4.69) is 10.3 Å². The standard InChI is InChI=1S/C24H26N4O6/c1-14(22(30)28-19(23(31)32)8-5-11-27-24(25)26)33-16-9-10-17-18(15-6-3-2-4-7-15)13-21(29)34-20(17)12-16/h2-4,6-7,9-10,12-14,19H,5,8,11H2,1H3,(H,28,30)(H,31,32)(H4,25,26,27)/t14-,19-/m1/s1. The number of guanidine groups is 1. The average molecular weight is 466 g/mol. The maximum Gasteiger partial charge on any atom is 0.336 e. The van der Waals surface area contributed by atoms with Gasteiger partial charge in [-0.2, -0.15) is 0 Å². The summed E-state index contributed by atoms with van der Waals surface area (Å²) in [5, 5.41) is 12.5. The second kappa shape index (κ2) is 11.0. The molecule has 2 atom stereocenters. The first-order valence-corrected chi connectivity index (χ1v) is 10.6. The maximum absolute atomic E-state index is 12.5. The molecule has 10 nitrogen and oxygen atoms in total. The summed E-state index contributed by atoms with van der Waals surface area (Å²) >= 11 is 0. The molecule has 2 aromatic carbocycles. The van der Waals surface area contributed by atoms with Gasteiger partial charge in [0.15, 0.2) is 12.1 Å². The predicted octanol–water partition coefficient (Wildman–Crippen LogP) is 1.85. The van der Waals surface area contributed by atoms with Crippen molar-refractivity contribution in [1.29, 1.82) is 0 Å². The molecule has 178 valence electrons. The molecule has 0 spiro atoms. The number of hydrogen-bond acceptors (Lipinski definition) is 6. The zero-order valence-corrected chi connectivity index (χ0v) is 18.6. The largest absolute Gasteiger partial charge is 0.481 e. The number of carbonyl (C=O) groups excluding carboxylic acids is 1. The van der Waals surface area contributed by atoms with Gasteiger partial charge in [0.2, 0.25) is 0 Å². The second-order valence-corrected chi connectivity index (χ2v) is 7.61. The first-order valence-electron chi connectivity index (χ1n) is 10.6. The van der Waals surface area contributed by atoms with Gasteiger partial charge in [-0.05, 0) is 43.0 Å². The lowest BCUT2D eigenvalue weighted by Gasteiger charge is -2.19. The molecule has 0 aliphatic carbocycles. The van der Waals surface area contributed by atoms with E-state index < -0.39 is 29.6 Å². The van der Waals surface area contributed by atoms with Crippen molar-refractivity contribution in [2.45, 2.75) is 31.9 Å². The number of nitrogens with one attached hydrogen (secondary N) is 1. The number of fused-ring (bicyclic) bond motifs is 1. The lowest BCUT2D eigenvalue weighted by Crippen LogP contribution is -2.46. The minimum atomic E-state index is -1.17. The van der Waals surface area contributed by atoms with Crippen molar-refractivity contribution < 1.29 is 23.8 Å². The van der Waals surface area contributed by atoms with Crippen LogP contribution in [0.15, 0.2) is 68.8 Å². The van der Waals surface area contributed by atoms with E-state index in [0.29, 0.717) is 28.7 Å². The lowest BCUT2D eigenvalue weighted by atomic mass is 10.0. The zero-order chi connectivity index (χ0) is 24.7. The van der Waals surface area contributed by atoms with Gasteiger partial charge in [0, 0.05) is 24.1 Å². The highest BCUT2D eigenvalue weighted by atomic mass is 16.5. The van der Waals surface area contributed by atoms with Crippen LogP contribution in [0.4, 0.5) is 0 Å². The first kappa shape index (κ1) is 24.3. The average Bonchev–Trinajstić information content (AvgIpc) is 2.80. The lowest BCUT2D eigenvalue weighted by molar-refractivity contribution is -0.143. The van der Waals surface area contributed by atoms with Crippen LogP contribution in [0.1, 0.15) is 19.8 Å². The van der Waals surface area contributed by atoms with Crippen molar-refractivity contribution in [3.63, 3.8) is 0 Å². The summed E-state index contributed by atoms with van der Waals surface area (Å²) < 4.78 is 11.0. The molecule has 0 saturated carbocycles. The van der Waals surface area contributed by atoms with Crippen LogP contribution in [0, 0.1) is 0 Å².